The van der Waals surface area contributed by atoms with Crippen molar-refractivity contribution in [1.29, 1.82) is 0 Å². The zero-order valence-corrected chi connectivity index (χ0v) is 10.8. The molecule has 1 fully saturated rings. The number of likely N-dealkylation sites (tertiary alicyclic amines) is 1. The fourth-order valence-corrected chi connectivity index (χ4v) is 2.89. The van der Waals surface area contributed by atoms with Crippen molar-refractivity contribution in [3.8, 4) is 0 Å². The number of nitrogen functional groups attached to an aromatic ring is 1. The second-order valence-electron chi connectivity index (χ2n) is 5.30. The van der Waals surface area contributed by atoms with Crippen molar-refractivity contribution in [3.05, 3.63) is 29.8 Å². The molecule has 20 heavy (non-hydrogen) atoms. The van der Waals surface area contributed by atoms with Crippen LogP contribution in [0.3, 0.4) is 0 Å². The second-order valence-corrected chi connectivity index (χ2v) is 5.30. The van der Waals surface area contributed by atoms with E-state index in [9.17, 15) is 13.2 Å². The van der Waals surface area contributed by atoms with E-state index in [1.807, 2.05) is 11.0 Å². The summed E-state index contributed by atoms with van der Waals surface area (Å²) in [5.74, 6) is 0. The van der Waals surface area contributed by atoms with Gasteiger partial charge in [0.1, 0.15) is 0 Å². The molecule has 2 aliphatic heterocycles. The number of nitrogens with two attached hydrogens (primary N) is 1. The quantitative estimate of drug-likeness (QED) is 0.868. The minimum Gasteiger partial charge on any atom is -0.399 e. The molecule has 1 unspecified atom stereocenters. The number of halogens is 3. The molecule has 3 rings (SSSR count). The third kappa shape index (κ3) is 2.15. The van der Waals surface area contributed by atoms with E-state index in [1.54, 1.807) is 18.2 Å². The molecule has 1 aromatic carbocycles. The Hall–Kier alpha value is -1.63. The number of alkyl halides is 3. The van der Waals surface area contributed by atoms with Gasteiger partial charge in [0.15, 0.2) is 0 Å². The number of hydrogen-bond donors (Lipinski definition) is 1. The third-order valence-electron chi connectivity index (χ3n) is 3.90. The highest BCUT2D eigenvalue weighted by Crippen LogP contribution is 2.51. The van der Waals surface area contributed by atoms with E-state index >= 15 is 0 Å². The Balaban J connectivity index is 1.77. The Morgan fingerprint density at radius 2 is 2.10 bits per heavy atom. The van der Waals surface area contributed by atoms with Crippen LogP contribution < -0.4 is 5.73 Å². The summed E-state index contributed by atoms with van der Waals surface area (Å²) in [6, 6.07) is 6.53. The SMILES string of the molecule is Nc1cccc(CN2CCCC2C2(C(F)(F)F)N=N2)c1. The summed E-state index contributed by atoms with van der Waals surface area (Å²) >= 11 is 0. The third-order valence-corrected chi connectivity index (χ3v) is 3.90. The van der Waals surface area contributed by atoms with Gasteiger partial charge in [0, 0.05) is 12.2 Å². The first-order valence-electron chi connectivity index (χ1n) is 6.52. The first kappa shape index (κ1) is 13.4. The van der Waals surface area contributed by atoms with Gasteiger partial charge >= 0.3 is 6.18 Å². The van der Waals surface area contributed by atoms with E-state index in [0.29, 0.717) is 25.2 Å². The molecule has 2 aliphatic rings. The highest BCUT2D eigenvalue weighted by Gasteiger charge is 2.69. The average molecular weight is 284 g/mol. The molecule has 7 heteroatoms. The van der Waals surface area contributed by atoms with Gasteiger partial charge in [0.25, 0.3) is 5.66 Å². The predicted octanol–water partition coefficient (Wildman–Crippen LogP) is 2.96. The zero-order chi connectivity index (χ0) is 14.4. The second kappa shape index (κ2) is 4.44. The molecule has 1 aromatic rings. The molecule has 108 valence electrons. The Morgan fingerprint density at radius 3 is 2.70 bits per heavy atom. The van der Waals surface area contributed by atoms with Crippen molar-refractivity contribution in [1.82, 2.24) is 4.90 Å². The van der Waals surface area contributed by atoms with E-state index in [4.69, 9.17) is 5.73 Å². The molecule has 2 N–H and O–H groups in total. The molecule has 0 bridgehead atoms. The molecule has 0 saturated carbocycles. The van der Waals surface area contributed by atoms with Gasteiger partial charge in [-0.1, -0.05) is 12.1 Å². The van der Waals surface area contributed by atoms with Gasteiger partial charge in [0.2, 0.25) is 0 Å². The molecule has 0 aliphatic carbocycles. The molecule has 0 aromatic heterocycles. The Kier molecular flexibility index (Phi) is 2.97. The van der Waals surface area contributed by atoms with E-state index in [0.717, 1.165) is 12.0 Å². The standard InChI is InChI=1S/C13H15F3N4/c14-13(15,16)12(18-19-12)11-5-2-6-20(11)8-9-3-1-4-10(17)7-9/h1,3-4,7,11H,2,5-6,8,17H2. The lowest BCUT2D eigenvalue weighted by Crippen LogP contribution is -2.50. The summed E-state index contributed by atoms with van der Waals surface area (Å²) in [7, 11) is 0. The lowest BCUT2D eigenvalue weighted by molar-refractivity contribution is -0.177. The molecule has 1 saturated heterocycles. The molecular formula is C13H15F3N4. The molecule has 2 heterocycles. The Bertz CT molecular complexity index is 535. The minimum absolute atomic E-state index is 0.443. The summed E-state index contributed by atoms with van der Waals surface area (Å²) in [4.78, 5) is 1.81. The van der Waals surface area contributed by atoms with Gasteiger partial charge in [0.05, 0.1) is 6.04 Å². The summed E-state index contributed by atoms with van der Waals surface area (Å²) in [5, 5.41) is 6.66. The lowest BCUT2D eigenvalue weighted by Gasteiger charge is -2.29. The van der Waals surface area contributed by atoms with Crippen LogP contribution in [0.1, 0.15) is 18.4 Å². The first-order valence-corrected chi connectivity index (χ1v) is 6.52. The van der Waals surface area contributed by atoms with Gasteiger partial charge in [-0.15, -0.1) is 10.2 Å². The summed E-state index contributed by atoms with van der Waals surface area (Å²) in [5.41, 5.74) is 5.04. The van der Waals surface area contributed by atoms with E-state index < -0.39 is 17.9 Å². The van der Waals surface area contributed by atoms with Gasteiger partial charge in [-0.3, -0.25) is 4.90 Å². The van der Waals surface area contributed by atoms with Crippen molar-refractivity contribution in [2.24, 2.45) is 10.2 Å². The highest BCUT2D eigenvalue weighted by atomic mass is 19.4. The molecule has 1 atom stereocenters. The number of anilines is 1. The molecule has 4 nitrogen and oxygen atoms in total. The zero-order valence-electron chi connectivity index (χ0n) is 10.8. The Labute approximate surface area is 114 Å². The molecule has 0 amide bonds. The summed E-state index contributed by atoms with van der Waals surface area (Å²) in [6.07, 6.45) is -3.21. The van der Waals surface area contributed by atoms with Crippen LogP contribution in [-0.2, 0) is 6.54 Å². The van der Waals surface area contributed by atoms with Crippen molar-refractivity contribution >= 4 is 5.69 Å². The van der Waals surface area contributed by atoms with Crippen LogP contribution in [0.2, 0.25) is 0 Å². The molecule has 0 spiro atoms. The van der Waals surface area contributed by atoms with Gasteiger partial charge in [-0.05, 0) is 37.1 Å². The lowest BCUT2D eigenvalue weighted by atomic mass is 10.0. The average Bonchev–Trinajstić information content (AvgIpc) is 3.05. The topological polar surface area (TPSA) is 54.0 Å². The van der Waals surface area contributed by atoms with E-state index in [1.165, 1.54) is 0 Å². The fraction of sp³-hybridized carbons (Fsp3) is 0.538. The monoisotopic (exact) mass is 284 g/mol. The van der Waals surface area contributed by atoms with Crippen molar-refractivity contribution in [2.75, 3.05) is 12.3 Å². The Morgan fingerprint density at radius 1 is 1.35 bits per heavy atom. The maximum Gasteiger partial charge on any atom is 0.439 e. The van der Waals surface area contributed by atoms with Crippen LogP contribution in [0.15, 0.2) is 34.5 Å². The molecule has 0 radical (unpaired) electrons. The van der Waals surface area contributed by atoms with Crippen molar-refractivity contribution < 1.29 is 13.2 Å². The predicted molar refractivity (Wildman–Crippen MR) is 67.9 cm³/mol. The number of benzene rings is 1. The fourth-order valence-electron chi connectivity index (χ4n) is 2.89. The van der Waals surface area contributed by atoms with Crippen molar-refractivity contribution in [3.63, 3.8) is 0 Å². The number of hydrogen-bond acceptors (Lipinski definition) is 4. The van der Waals surface area contributed by atoms with Crippen LogP contribution in [0, 0.1) is 0 Å². The van der Waals surface area contributed by atoms with Crippen LogP contribution in [0.5, 0.6) is 0 Å². The van der Waals surface area contributed by atoms with Crippen molar-refractivity contribution in [2.45, 2.75) is 37.3 Å². The van der Waals surface area contributed by atoms with Crippen LogP contribution in [-0.4, -0.2) is 29.3 Å². The summed E-state index contributed by atoms with van der Waals surface area (Å²) in [6.45, 7) is 1.07. The highest BCUT2D eigenvalue weighted by molar-refractivity contribution is 5.40. The van der Waals surface area contributed by atoms with Gasteiger partial charge < -0.3 is 5.73 Å². The van der Waals surface area contributed by atoms with Crippen LogP contribution in [0.4, 0.5) is 18.9 Å². The summed E-state index contributed by atoms with van der Waals surface area (Å²) < 4.78 is 39.3. The number of nitrogens with zero attached hydrogens (tertiary/aromatic N) is 3. The normalized spacial score (nSPS) is 25.1. The maximum atomic E-state index is 13.1. The maximum absolute atomic E-state index is 13.1. The smallest absolute Gasteiger partial charge is 0.399 e. The van der Waals surface area contributed by atoms with E-state index in [-0.39, 0.29) is 0 Å². The molecular weight excluding hydrogens is 269 g/mol. The van der Waals surface area contributed by atoms with Gasteiger partial charge in [-0.2, -0.15) is 13.2 Å². The minimum atomic E-state index is -4.41. The van der Waals surface area contributed by atoms with Crippen LogP contribution in [0.25, 0.3) is 0 Å². The van der Waals surface area contributed by atoms with Crippen LogP contribution >= 0.6 is 0 Å². The number of rotatable bonds is 3. The first-order chi connectivity index (χ1) is 9.42. The van der Waals surface area contributed by atoms with E-state index in [2.05, 4.69) is 10.2 Å². The van der Waals surface area contributed by atoms with Gasteiger partial charge in [-0.25, -0.2) is 0 Å². The largest absolute Gasteiger partial charge is 0.439 e.